The van der Waals surface area contributed by atoms with Crippen LogP contribution >= 0.6 is 34.8 Å². The van der Waals surface area contributed by atoms with E-state index in [4.69, 9.17) is 40.5 Å². The van der Waals surface area contributed by atoms with Gasteiger partial charge in [0.2, 0.25) is 0 Å². The van der Waals surface area contributed by atoms with Gasteiger partial charge in [-0.05, 0) is 17.7 Å². The average molecular weight is 345 g/mol. The molecule has 21 heavy (non-hydrogen) atoms. The predicted molar refractivity (Wildman–Crippen MR) is 85.9 cm³/mol. The number of carbonyl (C=O) groups excluding carboxylic acids is 1. The van der Waals surface area contributed by atoms with Gasteiger partial charge < -0.3 is 10.6 Å². The molecule has 0 aliphatic rings. The molecule has 7 heteroatoms. The Morgan fingerprint density at radius 2 is 2.05 bits per heavy atom. The van der Waals surface area contributed by atoms with Crippen molar-refractivity contribution in [2.45, 2.75) is 6.54 Å². The van der Waals surface area contributed by atoms with E-state index in [0.29, 0.717) is 22.2 Å². The Hall–Kier alpha value is -1.49. The van der Waals surface area contributed by atoms with Gasteiger partial charge in [-0.15, -0.1) is 0 Å². The molecule has 1 amide bonds. The van der Waals surface area contributed by atoms with E-state index in [-0.39, 0.29) is 16.7 Å². The highest BCUT2D eigenvalue weighted by Gasteiger charge is 2.17. The summed E-state index contributed by atoms with van der Waals surface area (Å²) in [6, 6.07) is 6.71. The second kappa shape index (κ2) is 6.52. The first kappa shape index (κ1) is 15.9. The van der Waals surface area contributed by atoms with Gasteiger partial charge in [0.1, 0.15) is 5.15 Å². The third kappa shape index (κ3) is 3.59. The highest BCUT2D eigenvalue weighted by Crippen LogP contribution is 2.27. The number of anilines is 1. The monoisotopic (exact) mass is 343 g/mol. The summed E-state index contributed by atoms with van der Waals surface area (Å²) in [7, 11) is 1.65. The summed E-state index contributed by atoms with van der Waals surface area (Å²) in [5.41, 5.74) is 7.08. The van der Waals surface area contributed by atoms with Gasteiger partial charge in [0.25, 0.3) is 5.91 Å². The van der Waals surface area contributed by atoms with Gasteiger partial charge in [-0.1, -0.05) is 46.9 Å². The van der Waals surface area contributed by atoms with Gasteiger partial charge in [-0.2, -0.15) is 0 Å². The highest BCUT2D eigenvalue weighted by atomic mass is 35.5. The van der Waals surface area contributed by atoms with Crippen LogP contribution in [0.1, 0.15) is 15.9 Å². The maximum Gasteiger partial charge on any atom is 0.256 e. The number of benzene rings is 1. The number of nitrogen functional groups attached to an aromatic ring is 1. The number of nitrogens with zero attached hydrogens (tertiary/aromatic N) is 2. The summed E-state index contributed by atoms with van der Waals surface area (Å²) < 4.78 is 0. The van der Waals surface area contributed by atoms with Gasteiger partial charge in [0.05, 0.1) is 27.5 Å². The normalized spacial score (nSPS) is 10.5. The molecule has 0 fully saturated rings. The van der Waals surface area contributed by atoms with Crippen molar-refractivity contribution in [2.24, 2.45) is 0 Å². The lowest BCUT2D eigenvalue weighted by molar-refractivity contribution is 0.0786. The highest BCUT2D eigenvalue weighted by molar-refractivity contribution is 6.42. The number of hydrogen-bond acceptors (Lipinski definition) is 3. The van der Waals surface area contributed by atoms with E-state index in [2.05, 4.69) is 4.98 Å². The molecule has 0 aliphatic heterocycles. The minimum absolute atomic E-state index is 0.210. The molecule has 0 radical (unpaired) electrons. The second-order valence-electron chi connectivity index (χ2n) is 4.47. The molecule has 0 saturated heterocycles. The van der Waals surface area contributed by atoms with Crippen molar-refractivity contribution in [3.63, 3.8) is 0 Å². The van der Waals surface area contributed by atoms with E-state index in [9.17, 15) is 4.79 Å². The van der Waals surface area contributed by atoms with Gasteiger partial charge >= 0.3 is 0 Å². The van der Waals surface area contributed by atoms with Crippen molar-refractivity contribution < 1.29 is 4.79 Å². The Labute approximate surface area is 137 Å². The van der Waals surface area contributed by atoms with E-state index in [1.54, 1.807) is 25.2 Å². The molecule has 0 bridgehead atoms. The topological polar surface area (TPSA) is 59.2 Å². The quantitative estimate of drug-likeness (QED) is 0.859. The molecule has 0 atom stereocenters. The summed E-state index contributed by atoms with van der Waals surface area (Å²) in [5.74, 6) is -0.271. The van der Waals surface area contributed by atoms with Crippen LogP contribution in [0.2, 0.25) is 15.2 Å². The molecule has 0 unspecified atom stereocenters. The third-order valence-electron chi connectivity index (χ3n) is 2.92. The number of rotatable bonds is 3. The molecule has 2 aromatic rings. The molecule has 1 aromatic heterocycles. The standard InChI is InChI=1S/C14H12Cl3N3O/c1-20(7-8-3-2-4-10(15)13(8)17)14(21)9-5-12(16)19-6-11(9)18/h2-6H,7,18H2,1H3. The van der Waals surface area contributed by atoms with Crippen LogP contribution in [0, 0.1) is 0 Å². The van der Waals surface area contributed by atoms with E-state index >= 15 is 0 Å². The molecule has 4 nitrogen and oxygen atoms in total. The van der Waals surface area contributed by atoms with Gasteiger partial charge in [0, 0.05) is 13.6 Å². The molecule has 2 rings (SSSR count). The lowest BCUT2D eigenvalue weighted by atomic mass is 10.1. The van der Waals surface area contributed by atoms with Gasteiger partial charge in [-0.25, -0.2) is 4.98 Å². The van der Waals surface area contributed by atoms with E-state index in [0.717, 1.165) is 5.56 Å². The number of amides is 1. The van der Waals surface area contributed by atoms with Crippen LogP contribution in [-0.4, -0.2) is 22.8 Å². The zero-order valence-corrected chi connectivity index (χ0v) is 13.4. The first-order chi connectivity index (χ1) is 9.90. The summed E-state index contributed by atoms with van der Waals surface area (Å²) >= 11 is 17.9. The fourth-order valence-electron chi connectivity index (χ4n) is 1.83. The van der Waals surface area contributed by atoms with Crippen molar-refractivity contribution in [1.82, 2.24) is 9.88 Å². The number of pyridine rings is 1. The molecule has 0 spiro atoms. The fraction of sp³-hybridized carbons (Fsp3) is 0.143. The summed E-state index contributed by atoms with van der Waals surface area (Å²) in [4.78, 5) is 17.7. The van der Waals surface area contributed by atoms with Crippen molar-refractivity contribution in [1.29, 1.82) is 0 Å². The number of hydrogen-bond donors (Lipinski definition) is 1. The number of carbonyl (C=O) groups is 1. The van der Waals surface area contributed by atoms with Crippen molar-refractivity contribution in [2.75, 3.05) is 12.8 Å². The molecular weight excluding hydrogens is 333 g/mol. The van der Waals surface area contributed by atoms with Crippen LogP contribution in [0.4, 0.5) is 5.69 Å². The molecule has 2 N–H and O–H groups in total. The smallest absolute Gasteiger partial charge is 0.256 e. The van der Waals surface area contributed by atoms with E-state index < -0.39 is 0 Å². The first-order valence-electron chi connectivity index (χ1n) is 5.99. The van der Waals surface area contributed by atoms with Gasteiger partial charge in [-0.3, -0.25) is 4.79 Å². The summed E-state index contributed by atoms with van der Waals surface area (Å²) in [5, 5.41) is 1.09. The fourth-order valence-corrected chi connectivity index (χ4v) is 2.37. The maximum atomic E-state index is 12.4. The number of halogens is 3. The second-order valence-corrected chi connectivity index (χ2v) is 5.64. The molecule has 0 aliphatic carbocycles. The minimum atomic E-state index is -0.271. The van der Waals surface area contributed by atoms with E-state index in [1.807, 2.05) is 0 Å². The molecule has 1 heterocycles. The van der Waals surface area contributed by atoms with Crippen LogP contribution in [-0.2, 0) is 6.54 Å². The first-order valence-corrected chi connectivity index (χ1v) is 7.13. The maximum absolute atomic E-state index is 12.4. The number of aromatic nitrogens is 1. The Morgan fingerprint density at radius 3 is 2.76 bits per heavy atom. The van der Waals surface area contributed by atoms with E-state index in [1.165, 1.54) is 17.2 Å². The Balaban J connectivity index is 2.24. The Morgan fingerprint density at radius 1 is 1.33 bits per heavy atom. The Bertz CT molecular complexity index is 691. The molecule has 0 saturated carbocycles. The lowest BCUT2D eigenvalue weighted by Gasteiger charge is -2.19. The van der Waals surface area contributed by atoms with Crippen LogP contribution in [0.15, 0.2) is 30.5 Å². The van der Waals surface area contributed by atoms with Crippen molar-refractivity contribution in [3.8, 4) is 0 Å². The average Bonchev–Trinajstić information content (AvgIpc) is 2.45. The summed E-state index contributed by atoms with van der Waals surface area (Å²) in [6.07, 6.45) is 1.36. The van der Waals surface area contributed by atoms with Crippen molar-refractivity contribution >= 4 is 46.4 Å². The Kier molecular flexibility index (Phi) is 4.93. The van der Waals surface area contributed by atoms with Crippen LogP contribution in [0.3, 0.4) is 0 Å². The summed E-state index contributed by atoms with van der Waals surface area (Å²) in [6.45, 7) is 0.303. The minimum Gasteiger partial charge on any atom is -0.397 e. The largest absolute Gasteiger partial charge is 0.397 e. The SMILES string of the molecule is CN(Cc1cccc(Cl)c1Cl)C(=O)c1cc(Cl)ncc1N. The van der Waals surface area contributed by atoms with Crippen LogP contribution in [0.25, 0.3) is 0 Å². The molecule has 1 aromatic carbocycles. The predicted octanol–water partition coefficient (Wildman–Crippen LogP) is 3.90. The zero-order valence-electron chi connectivity index (χ0n) is 11.1. The van der Waals surface area contributed by atoms with Gasteiger partial charge in [0.15, 0.2) is 0 Å². The molecular formula is C14H12Cl3N3O. The van der Waals surface area contributed by atoms with Crippen LogP contribution in [0.5, 0.6) is 0 Å². The van der Waals surface area contributed by atoms with Crippen LogP contribution < -0.4 is 5.73 Å². The van der Waals surface area contributed by atoms with Crippen molar-refractivity contribution in [3.05, 3.63) is 56.8 Å². The lowest BCUT2D eigenvalue weighted by Crippen LogP contribution is -2.27. The number of nitrogens with two attached hydrogens (primary N) is 1. The zero-order chi connectivity index (χ0) is 15.6. The third-order valence-corrected chi connectivity index (χ3v) is 3.98. The molecule has 110 valence electrons.